The van der Waals surface area contributed by atoms with Crippen LogP contribution in [0.1, 0.15) is 23.7 Å². The van der Waals surface area contributed by atoms with Gasteiger partial charge in [0.05, 0.1) is 23.1 Å². The third-order valence-corrected chi connectivity index (χ3v) is 5.50. The number of fused-ring (bicyclic) bond motifs is 1. The van der Waals surface area contributed by atoms with Crippen molar-refractivity contribution in [2.75, 3.05) is 36.4 Å². The molecule has 0 unspecified atom stereocenters. The lowest BCUT2D eigenvalue weighted by molar-refractivity contribution is -0.131. The number of para-hydroxylation sites is 2. The lowest BCUT2D eigenvalue weighted by Crippen LogP contribution is -2.48. The molecule has 1 aliphatic rings. The lowest BCUT2D eigenvalue weighted by atomic mass is 10.1. The van der Waals surface area contributed by atoms with E-state index < -0.39 is 0 Å². The van der Waals surface area contributed by atoms with E-state index in [1.54, 1.807) is 12.1 Å². The number of benzene rings is 2. The van der Waals surface area contributed by atoms with E-state index >= 15 is 0 Å². The predicted octanol–water partition coefficient (Wildman–Crippen LogP) is 3.00. The molecule has 28 heavy (non-hydrogen) atoms. The Morgan fingerprint density at radius 2 is 1.79 bits per heavy atom. The SMILES string of the molecule is CCC(=O)N1CCN(c2ccccc2NC(=O)c2ccc3nsnc3c2)CC1. The van der Waals surface area contributed by atoms with E-state index in [0.29, 0.717) is 25.1 Å². The van der Waals surface area contributed by atoms with Crippen molar-refractivity contribution >= 4 is 46.0 Å². The Morgan fingerprint density at radius 3 is 2.57 bits per heavy atom. The van der Waals surface area contributed by atoms with Crippen molar-refractivity contribution in [3.63, 3.8) is 0 Å². The summed E-state index contributed by atoms with van der Waals surface area (Å²) in [6, 6.07) is 13.1. The van der Waals surface area contributed by atoms with Crippen LogP contribution >= 0.6 is 11.7 Å². The monoisotopic (exact) mass is 395 g/mol. The second-order valence-corrected chi connectivity index (χ2v) is 7.19. The number of anilines is 2. The van der Waals surface area contributed by atoms with Crippen LogP contribution in [-0.4, -0.2) is 51.6 Å². The van der Waals surface area contributed by atoms with Crippen LogP contribution in [0.2, 0.25) is 0 Å². The van der Waals surface area contributed by atoms with Gasteiger partial charge in [0.1, 0.15) is 11.0 Å². The maximum Gasteiger partial charge on any atom is 0.255 e. The van der Waals surface area contributed by atoms with Gasteiger partial charge in [-0.05, 0) is 30.3 Å². The minimum atomic E-state index is -0.179. The largest absolute Gasteiger partial charge is 0.366 e. The van der Waals surface area contributed by atoms with Crippen molar-refractivity contribution in [2.45, 2.75) is 13.3 Å². The average molecular weight is 395 g/mol. The predicted molar refractivity (Wildman–Crippen MR) is 111 cm³/mol. The lowest BCUT2D eigenvalue weighted by Gasteiger charge is -2.36. The Morgan fingerprint density at radius 1 is 1.04 bits per heavy atom. The summed E-state index contributed by atoms with van der Waals surface area (Å²) >= 11 is 1.14. The molecule has 8 heteroatoms. The fourth-order valence-corrected chi connectivity index (χ4v) is 3.91. The molecule has 3 aromatic rings. The molecule has 0 bridgehead atoms. The van der Waals surface area contributed by atoms with Crippen molar-refractivity contribution in [3.05, 3.63) is 48.0 Å². The van der Waals surface area contributed by atoms with Crippen molar-refractivity contribution in [3.8, 4) is 0 Å². The summed E-state index contributed by atoms with van der Waals surface area (Å²) in [5, 5.41) is 3.02. The molecule has 1 fully saturated rings. The van der Waals surface area contributed by atoms with Crippen LogP contribution in [-0.2, 0) is 4.79 Å². The number of carbonyl (C=O) groups excluding carboxylic acids is 2. The highest BCUT2D eigenvalue weighted by atomic mass is 32.1. The van der Waals surface area contributed by atoms with Crippen LogP contribution in [0.4, 0.5) is 11.4 Å². The minimum absolute atomic E-state index is 0.179. The van der Waals surface area contributed by atoms with E-state index in [4.69, 9.17) is 0 Å². The zero-order valence-corrected chi connectivity index (χ0v) is 16.4. The molecule has 2 amide bonds. The van der Waals surface area contributed by atoms with Crippen LogP contribution in [0, 0.1) is 0 Å². The van der Waals surface area contributed by atoms with Crippen molar-refractivity contribution in [1.82, 2.24) is 13.6 Å². The maximum atomic E-state index is 12.8. The molecule has 2 heterocycles. The quantitative estimate of drug-likeness (QED) is 0.735. The summed E-state index contributed by atoms with van der Waals surface area (Å²) in [7, 11) is 0. The van der Waals surface area contributed by atoms with Crippen molar-refractivity contribution in [1.29, 1.82) is 0 Å². The Labute approximate surface area is 167 Å². The van der Waals surface area contributed by atoms with E-state index in [2.05, 4.69) is 19.0 Å². The van der Waals surface area contributed by atoms with Crippen LogP contribution in [0.3, 0.4) is 0 Å². The first-order valence-electron chi connectivity index (χ1n) is 9.31. The zero-order valence-electron chi connectivity index (χ0n) is 15.6. The Bertz CT molecular complexity index is 1010. The van der Waals surface area contributed by atoms with E-state index in [0.717, 1.165) is 47.2 Å². The average Bonchev–Trinajstić information content (AvgIpc) is 3.21. The maximum absolute atomic E-state index is 12.8. The number of piperazine rings is 1. The Kier molecular flexibility index (Phi) is 5.21. The van der Waals surface area contributed by atoms with Gasteiger partial charge in [-0.2, -0.15) is 8.75 Å². The van der Waals surface area contributed by atoms with E-state index in [9.17, 15) is 9.59 Å². The van der Waals surface area contributed by atoms with Gasteiger partial charge < -0.3 is 15.1 Å². The Hall–Kier alpha value is -3.00. The van der Waals surface area contributed by atoms with Gasteiger partial charge in [0.25, 0.3) is 5.91 Å². The number of nitrogens with one attached hydrogen (secondary N) is 1. The molecule has 1 aromatic heterocycles. The molecule has 0 saturated carbocycles. The Balaban J connectivity index is 1.50. The van der Waals surface area contributed by atoms with Gasteiger partial charge >= 0.3 is 0 Å². The van der Waals surface area contributed by atoms with Crippen LogP contribution in [0.5, 0.6) is 0 Å². The fraction of sp³-hybridized carbons (Fsp3) is 0.300. The highest BCUT2D eigenvalue weighted by Gasteiger charge is 2.22. The molecule has 144 valence electrons. The number of nitrogens with zero attached hydrogens (tertiary/aromatic N) is 4. The number of hydrogen-bond donors (Lipinski definition) is 1. The first kappa shape index (κ1) is 18.4. The summed E-state index contributed by atoms with van der Waals surface area (Å²) in [4.78, 5) is 28.8. The summed E-state index contributed by atoms with van der Waals surface area (Å²) in [6.45, 7) is 4.77. The van der Waals surface area contributed by atoms with Gasteiger partial charge in [0, 0.05) is 38.2 Å². The molecule has 4 rings (SSSR count). The van der Waals surface area contributed by atoms with Gasteiger partial charge in [-0.25, -0.2) is 0 Å². The fourth-order valence-electron chi connectivity index (χ4n) is 3.39. The number of aromatic nitrogens is 2. The molecule has 1 saturated heterocycles. The van der Waals surface area contributed by atoms with Gasteiger partial charge in [-0.1, -0.05) is 19.1 Å². The first-order chi connectivity index (χ1) is 13.7. The smallest absolute Gasteiger partial charge is 0.255 e. The summed E-state index contributed by atoms with van der Waals surface area (Å²) < 4.78 is 8.37. The number of carbonyl (C=O) groups is 2. The number of rotatable bonds is 4. The molecular formula is C20H21N5O2S. The molecule has 0 radical (unpaired) electrons. The van der Waals surface area contributed by atoms with Gasteiger partial charge in [0.2, 0.25) is 5.91 Å². The van der Waals surface area contributed by atoms with E-state index in [1.165, 1.54) is 0 Å². The van der Waals surface area contributed by atoms with Crippen molar-refractivity contribution < 1.29 is 9.59 Å². The normalized spacial score (nSPS) is 14.3. The highest BCUT2D eigenvalue weighted by Crippen LogP contribution is 2.27. The summed E-state index contributed by atoms with van der Waals surface area (Å²) in [6.07, 6.45) is 0.533. The first-order valence-corrected chi connectivity index (χ1v) is 10.0. The van der Waals surface area contributed by atoms with E-state index in [1.807, 2.05) is 42.2 Å². The van der Waals surface area contributed by atoms with Gasteiger partial charge in [-0.15, -0.1) is 0 Å². The van der Waals surface area contributed by atoms with Gasteiger partial charge in [0.15, 0.2) is 0 Å². The minimum Gasteiger partial charge on any atom is -0.366 e. The third kappa shape index (κ3) is 3.68. The molecule has 1 N–H and O–H groups in total. The number of amides is 2. The van der Waals surface area contributed by atoms with E-state index in [-0.39, 0.29) is 11.8 Å². The topological polar surface area (TPSA) is 78.4 Å². The molecule has 0 spiro atoms. The van der Waals surface area contributed by atoms with Crippen LogP contribution in [0.15, 0.2) is 42.5 Å². The summed E-state index contributed by atoms with van der Waals surface area (Å²) in [5.41, 5.74) is 3.80. The molecule has 2 aromatic carbocycles. The van der Waals surface area contributed by atoms with Crippen molar-refractivity contribution in [2.24, 2.45) is 0 Å². The van der Waals surface area contributed by atoms with Crippen LogP contribution in [0.25, 0.3) is 11.0 Å². The molecule has 7 nitrogen and oxygen atoms in total. The second-order valence-electron chi connectivity index (χ2n) is 6.66. The number of hydrogen-bond acceptors (Lipinski definition) is 6. The molecule has 0 aliphatic carbocycles. The second kappa shape index (κ2) is 7.93. The zero-order chi connectivity index (χ0) is 19.5. The van der Waals surface area contributed by atoms with Crippen LogP contribution < -0.4 is 10.2 Å². The molecule has 0 atom stereocenters. The molecule has 1 aliphatic heterocycles. The van der Waals surface area contributed by atoms with Gasteiger partial charge in [-0.3, -0.25) is 9.59 Å². The standard InChI is InChI=1S/C20H21N5O2S/c1-2-19(26)25-11-9-24(10-12-25)18-6-4-3-5-16(18)21-20(27)14-7-8-15-17(13-14)23-28-22-15/h3-8,13H,2,9-12H2,1H3,(H,21,27). The highest BCUT2D eigenvalue weighted by molar-refractivity contribution is 7.00. The summed E-state index contributed by atoms with van der Waals surface area (Å²) in [5.74, 6) is 0.00954. The third-order valence-electron chi connectivity index (χ3n) is 4.94. The molecular weight excluding hydrogens is 374 g/mol.